The zero-order valence-corrected chi connectivity index (χ0v) is 12.6. The van der Waals surface area contributed by atoms with Crippen molar-refractivity contribution in [2.75, 3.05) is 18.1 Å². The van der Waals surface area contributed by atoms with Crippen LogP contribution in [0.3, 0.4) is 0 Å². The number of thioether (sulfide) groups is 1. The minimum atomic E-state index is 0.758. The summed E-state index contributed by atoms with van der Waals surface area (Å²) in [5.41, 5.74) is 1.78. The van der Waals surface area contributed by atoms with Gasteiger partial charge in [0, 0.05) is 11.4 Å². The van der Waals surface area contributed by atoms with Crippen LogP contribution in [0, 0.1) is 23.2 Å². The van der Waals surface area contributed by atoms with Gasteiger partial charge in [-0.3, -0.25) is 0 Å². The molecule has 1 aliphatic rings. The standard InChI is InChI=1S/C16H22N2S/c1-12-5-3-6-13(9-12)11-18-15-7-4-8-16(19-2)14(15)10-17/h4,7-8,12-13,18H,3,5-6,9,11H2,1-2H3. The topological polar surface area (TPSA) is 35.8 Å². The van der Waals surface area contributed by atoms with Crippen LogP contribution in [0.2, 0.25) is 0 Å². The smallest absolute Gasteiger partial charge is 0.102 e. The quantitative estimate of drug-likeness (QED) is 0.820. The molecule has 2 rings (SSSR count). The van der Waals surface area contributed by atoms with Gasteiger partial charge in [-0.2, -0.15) is 5.26 Å². The van der Waals surface area contributed by atoms with E-state index in [0.29, 0.717) is 0 Å². The van der Waals surface area contributed by atoms with E-state index in [0.717, 1.165) is 34.5 Å². The summed E-state index contributed by atoms with van der Waals surface area (Å²) in [6, 6.07) is 8.38. The SMILES string of the molecule is CSc1cccc(NCC2CCCC(C)C2)c1C#N. The lowest BCUT2D eigenvalue weighted by atomic mass is 9.82. The van der Waals surface area contributed by atoms with Crippen LogP contribution in [0.5, 0.6) is 0 Å². The average molecular weight is 274 g/mol. The summed E-state index contributed by atoms with van der Waals surface area (Å²) >= 11 is 1.63. The number of benzene rings is 1. The van der Waals surface area contributed by atoms with Gasteiger partial charge < -0.3 is 5.32 Å². The molecule has 19 heavy (non-hydrogen) atoms. The molecule has 0 spiro atoms. The molecule has 0 aliphatic heterocycles. The maximum absolute atomic E-state index is 9.31. The molecule has 0 bridgehead atoms. The Bertz CT molecular complexity index is 464. The van der Waals surface area contributed by atoms with Gasteiger partial charge >= 0.3 is 0 Å². The van der Waals surface area contributed by atoms with E-state index in [1.807, 2.05) is 24.5 Å². The molecule has 0 aromatic heterocycles. The fraction of sp³-hybridized carbons (Fsp3) is 0.562. The minimum Gasteiger partial charge on any atom is -0.384 e. The molecule has 1 N–H and O–H groups in total. The zero-order chi connectivity index (χ0) is 13.7. The Morgan fingerprint density at radius 2 is 2.26 bits per heavy atom. The van der Waals surface area contributed by atoms with Gasteiger partial charge in [0.25, 0.3) is 0 Å². The summed E-state index contributed by atoms with van der Waals surface area (Å²) in [5, 5.41) is 12.8. The van der Waals surface area contributed by atoms with Crippen LogP contribution in [-0.2, 0) is 0 Å². The molecule has 102 valence electrons. The Morgan fingerprint density at radius 3 is 2.95 bits per heavy atom. The average Bonchev–Trinajstić information content (AvgIpc) is 2.44. The summed E-state index contributed by atoms with van der Waals surface area (Å²) in [6.07, 6.45) is 7.38. The molecule has 1 aromatic rings. The Kier molecular flexibility index (Phi) is 5.15. The number of nitrogens with one attached hydrogen (secondary N) is 1. The highest BCUT2D eigenvalue weighted by Gasteiger charge is 2.19. The molecule has 0 saturated heterocycles. The van der Waals surface area contributed by atoms with Gasteiger partial charge in [-0.15, -0.1) is 11.8 Å². The summed E-state index contributed by atoms with van der Waals surface area (Å²) in [7, 11) is 0. The number of nitriles is 1. The lowest BCUT2D eigenvalue weighted by molar-refractivity contribution is 0.293. The van der Waals surface area contributed by atoms with Crippen molar-refractivity contribution >= 4 is 17.4 Å². The van der Waals surface area contributed by atoms with Crippen molar-refractivity contribution in [1.82, 2.24) is 0 Å². The monoisotopic (exact) mass is 274 g/mol. The zero-order valence-electron chi connectivity index (χ0n) is 11.8. The van der Waals surface area contributed by atoms with Gasteiger partial charge in [-0.1, -0.05) is 25.8 Å². The van der Waals surface area contributed by atoms with Crippen molar-refractivity contribution < 1.29 is 0 Å². The number of hydrogen-bond donors (Lipinski definition) is 1. The van der Waals surface area contributed by atoms with Gasteiger partial charge in [-0.05, 0) is 43.1 Å². The fourth-order valence-electron chi connectivity index (χ4n) is 2.96. The molecule has 0 radical (unpaired) electrons. The Morgan fingerprint density at radius 1 is 1.42 bits per heavy atom. The second-order valence-electron chi connectivity index (χ2n) is 5.51. The lowest BCUT2D eigenvalue weighted by Gasteiger charge is -2.27. The number of anilines is 1. The molecule has 0 heterocycles. The summed E-state index contributed by atoms with van der Waals surface area (Å²) in [5.74, 6) is 1.61. The van der Waals surface area contributed by atoms with Crippen molar-refractivity contribution in [2.24, 2.45) is 11.8 Å². The predicted octanol–water partition coefficient (Wildman–Crippen LogP) is 4.52. The van der Waals surface area contributed by atoms with Crippen molar-refractivity contribution in [3.63, 3.8) is 0 Å². The van der Waals surface area contributed by atoms with Crippen molar-refractivity contribution in [3.05, 3.63) is 23.8 Å². The van der Waals surface area contributed by atoms with E-state index in [1.165, 1.54) is 25.7 Å². The summed E-state index contributed by atoms with van der Waals surface area (Å²) in [4.78, 5) is 1.06. The predicted molar refractivity (Wildman–Crippen MR) is 82.5 cm³/mol. The first kappa shape index (κ1) is 14.3. The van der Waals surface area contributed by atoms with E-state index in [4.69, 9.17) is 0 Å². The Balaban J connectivity index is 2.01. The fourth-order valence-corrected chi connectivity index (χ4v) is 3.54. The number of hydrogen-bond acceptors (Lipinski definition) is 3. The number of rotatable bonds is 4. The van der Waals surface area contributed by atoms with Gasteiger partial charge in [-0.25, -0.2) is 0 Å². The van der Waals surface area contributed by atoms with Gasteiger partial charge in [0.05, 0.1) is 11.3 Å². The van der Waals surface area contributed by atoms with E-state index in [9.17, 15) is 5.26 Å². The molecule has 1 saturated carbocycles. The molecule has 2 unspecified atom stereocenters. The first-order valence-electron chi connectivity index (χ1n) is 7.05. The molecular weight excluding hydrogens is 252 g/mol. The first-order chi connectivity index (χ1) is 9.24. The number of nitrogens with zero attached hydrogens (tertiary/aromatic N) is 1. The third kappa shape index (κ3) is 3.67. The summed E-state index contributed by atoms with van der Waals surface area (Å²) < 4.78 is 0. The molecule has 2 atom stereocenters. The van der Waals surface area contributed by atoms with Crippen LogP contribution >= 0.6 is 11.8 Å². The molecule has 1 aromatic carbocycles. The van der Waals surface area contributed by atoms with E-state index in [2.05, 4.69) is 18.3 Å². The van der Waals surface area contributed by atoms with Crippen molar-refractivity contribution in [2.45, 2.75) is 37.5 Å². The third-order valence-corrected chi connectivity index (χ3v) is 4.76. The Hall–Kier alpha value is -1.14. The van der Waals surface area contributed by atoms with Crippen LogP contribution in [0.4, 0.5) is 5.69 Å². The lowest BCUT2D eigenvalue weighted by Crippen LogP contribution is -2.21. The largest absolute Gasteiger partial charge is 0.384 e. The van der Waals surface area contributed by atoms with E-state index >= 15 is 0 Å². The van der Waals surface area contributed by atoms with Crippen LogP contribution in [0.25, 0.3) is 0 Å². The Labute approximate surface area is 120 Å². The summed E-state index contributed by atoms with van der Waals surface area (Å²) in [6.45, 7) is 3.35. The second kappa shape index (κ2) is 6.86. The second-order valence-corrected chi connectivity index (χ2v) is 6.36. The highest BCUT2D eigenvalue weighted by atomic mass is 32.2. The normalized spacial score (nSPS) is 22.8. The van der Waals surface area contributed by atoms with E-state index in [1.54, 1.807) is 11.8 Å². The van der Waals surface area contributed by atoms with Crippen LogP contribution < -0.4 is 5.32 Å². The molecule has 2 nitrogen and oxygen atoms in total. The van der Waals surface area contributed by atoms with Crippen LogP contribution in [-0.4, -0.2) is 12.8 Å². The van der Waals surface area contributed by atoms with E-state index < -0.39 is 0 Å². The van der Waals surface area contributed by atoms with Crippen molar-refractivity contribution in [3.8, 4) is 6.07 Å². The molecule has 1 fully saturated rings. The highest BCUT2D eigenvalue weighted by Crippen LogP contribution is 2.30. The highest BCUT2D eigenvalue weighted by molar-refractivity contribution is 7.98. The molecule has 0 amide bonds. The maximum Gasteiger partial charge on any atom is 0.102 e. The maximum atomic E-state index is 9.31. The van der Waals surface area contributed by atoms with Gasteiger partial charge in [0.1, 0.15) is 6.07 Å². The molecule has 1 aliphatic carbocycles. The van der Waals surface area contributed by atoms with Gasteiger partial charge in [0.2, 0.25) is 0 Å². The van der Waals surface area contributed by atoms with Crippen LogP contribution in [0.1, 0.15) is 38.2 Å². The minimum absolute atomic E-state index is 0.758. The van der Waals surface area contributed by atoms with Crippen molar-refractivity contribution in [1.29, 1.82) is 5.26 Å². The van der Waals surface area contributed by atoms with E-state index in [-0.39, 0.29) is 0 Å². The molecular formula is C16H22N2S. The molecule has 3 heteroatoms. The third-order valence-electron chi connectivity index (χ3n) is 3.98. The van der Waals surface area contributed by atoms with Crippen LogP contribution in [0.15, 0.2) is 23.1 Å². The first-order valence-corrected chi connectivity index (χ1v) is 8.28. The van der Waals surface area contributed by atoms with Gasteiger partial charge in [0.15, 0.2) is 0 Å².